The van der Waals surface area contributed by atoms with E-state index in [1.54, 1.807) is 0 Å². The molecule has 2 heterocycles. The number of aromatic nitrogens is 1. The minimum Gasteiger partial charge on any atom is -0.492 e. The molecule has 1 saturated heterocycles. The van der Waals surface area contributed by atoms with E-state index in [1.165, 1.54) is 0 Å². The van der Waals surface area contributed by atoms with Gasteiger partial charge in [-0.3, -0.25) is 0 Å². The maximum Gasteiger partial charge on any atom is 0.432 e. The van der Waals surface area contributed by atoms with Crippen LogP contribution in [0.3, 0.4) is 0 Å². The van der Waals surface area contributed by atoms with E-state index in [-0.39, 0.29) is 39.1 Å². The number of amides is 3. The highest BCUT2D eigenvalue weighted by atomic mass is 16.7. The fraction of sp³-hybridized carbons (Fsp3) is 0.269. The third kappa shape index (κ3) is 6.87. The molecule has 0 atom stereocenters. The number of hydrogen-bond acceptors (Lipinski definition) is 8. The number of carbonyl (C=O) groups excluding carboxylic acids is 3. The molecule has 3 amide bonds. The zero-order valence-electron chi connectivity index (χ0n) is 20.4. The Morgan fingerprint density at radius 1 is 0.737 bits per heavy atom. The van der Waals surface area contributed by atoms with Crippen LogP contribution in [0.2, 0.25) is 0 Å². The Morgan fingerprint density at radius 3 is 1.63 bits per heavy atom. The quantitative estimate of drug-likeness (QED) is 0.445. The van der Waals surface area contributed by atoms with Crippen molar-refractivity contribution in [3.63, 3.8) is 0 Å². The summed E-state index contributed by atoms with van der Waals surface area (Å²) >= 11 is 0. The van der Waals surface area contributed by atoms with Crippen LogP contribution < -0.4 is 10.2 Å². The predicted molar refractivity (Wildman–Crippen MR) is 133 cm³/mol. The number of ether oxygens (including phenoxy) is 2. The highest BCUT2D eigenvalue weighted by Gasteiger charge is 2.33. The molecule has 0 unspecified atom stereocenters. The smallest absolute Gasteiger partial charge is 0.432 e. The van der Waals surface area contributed by atoms with Gasteiger partial charge in [-0.15, -0.1) is 4.73 Å². The van der Waals surface area contributed by atoms with Gasteiger partial charge in [-0.2, -0.15) is 0 Å². The van der Waals surface area contributed by atoms with Gasteiger partial charge in [0, 0.05) is 31.3 Å². The zero-order valence-corrected chi connectivity index (χ0v) is 20.4. The van der Waals surface area contributed by atoms with Crippen LogP contribution >= 0.6 is 0 Å². The lowest BCUT2D eigenvalue weighted by Gasteiger charge is -2.31. The molecule has 3 N–H and O–H groups in total. The van der Waals surface area contributed by atoms with Crippen LogP contribution in [-0.2, 0) is 22.7 Å². The summed E-state index contributed by atoms with van der Waals surface area (Å²) in [7, 11) is 0. The predicted octanol–water partition coefficient (Wildman–Crippen LogP) is 3.39. The van der Waals surface area contributed by atoms with E-state index in [2.05, 4.69) is 5.32 Å². The molecule has 1 aliphatic rings. The molecule has 1 aromatic heterocycles. The molecule has 38 heavy (non-hydrogen) atoms. The highest BCUT2D eigenvalue weighted by Crippen LogP contribution is 2.20. The maximum atomic E-state index is 13.0. The molecule has 3 aromatic rings. The van der Waals surface area contributed by atoms with Gasteiger partial charge in [-0.1, -0.05) is 60.7 Å². The van der Waals surface area contributed by atoms with Crippen molar-refractivity contribution in [3.8, 4) is 11.8 Å². The van der Waals surface area contributed by atoms with E-state index in [0.717, 1.165) is 33.3 Å². The highest BCUT2D eigenvalue weighted by molar-refractivity contribution is 5.74. The monoisotopic (exact) mass is 524 g/mol. The molecule has 200 valence electrons. The molecule has 0 radical (unpaired) electrons. The van der Waals surface area contributed by atoms with Gasteiger partial charge in [-0.25, -0.2) is 24.4 Å². The van der Waals surface area contributed by atoms with E-state index < -0.39 is 36.1 Å². The second-order valence-corrected chi connectivity index (χ2v) is 8.47. The summed E-state index contributed by atoms with van der Waals surface area (Å²) in [6, 6.07) is 20.1. The van der Waals surface area contributed by atoms with Gasteiger partial charge >= 0.3 is 18.3 Å². The van der Waals surface area contributed by atoms with Gasteiger partial charge in [0.15, 0.2) is 0 Å². The van der Waals surface area contributed by atoms with E-state index >= 15 is 0 Å². The van der Waals surface area contributed by atoms with Crippen molar-refractivity contribution in [2.45, 2.75) is 32.1 Å². The Balaban J connectivity index is 1.41. The Morgan fingerprint density at radius 2 is 1.18 bits per heavy atom. The number of rotatable bonds is 6. The molecule has 2 aromatic carbocycles. The summed E-state index contributed by atoms with van der Waals surface area (Å²) in [4.78, 5) is 43.3. The number of carbonyl (C=O) groups is 3. The summed E-state index contributed by atoms with van der Waals surface area (Å²) in [5.74, 6) is -0.920. The fourth-order valence-electron chi connectivity index (χ4n) is 3.82. The molecular formula is C26H28N4O8. The second kappa shape index (κ2) is 12.4. The van der Waals surface area contributed by atoms with E-state index in [0.29, 0.717) is 4.73 Å². The summed E-state index contributed by atoms with van der Waals surface area (Å²) in [5.41, 5.74) is 1.57. The lowest BCUT2D eigenvalue weighted by atomic mass is 10.1. The summed E-state index contributed by atoms with van der Waals surface area (Å²) in [6.07, 6.45) is -1.88. The number of hydrazine groups is 1. The normalized spacial score (nSPS) is 13.9. The Bertz CT molecular complexity index is 1150. The minimum absolute atomic E-state index is 0.0148. The average Bonchev–Trinajstić information content (AvgIpc) is 3.11. The fourth-order valence-corrected chi connectivity index (χ4v) is 3.82. The van der Waals surface area contributed by atoms with Gasteiger partial charge in [0.1, 0.15) is 13.2 Å². The molecule has 0 bridgehead atoms. The van der Waals surface area contributed by atoms with Crippen LogP contribution in [0.1, 0.15) is 24.0 Å². The topological polar surface area (TPSA) is 143 Å². The van der Waals surface area contributed by atoms with Crippen molar-refractivity contribution in [3.05, 3.63) is 83.9 Å². The number of nitrogens with zero attached hydrogens (tertiary/aromatic N) is 3. The lowest BCUT2D eigenvalue weighted by Crippen LogP contribution is -2.49. The molecule has 0 spiro atoms. The number of benzene rings is 2. The first-order valence-electron chi connectivity index (χ1n) is 12.0. The van der Waals surface area contributed by atoms with E-state index in [4.69, 9.17) is 14.3 Å². The Kier molecular flexibility index (Phi) is 8.54. The Labute approximate surface area is 218 Å². The number of aromatic hydroxyl groups is 2. The largest absolute Gasteiger partial charge is 0.492 e. The van der Waals surface area contributed by atoms with Crippen LogP contribution in [0.5, 0.6) is 11.8 Å². The van der Waals surface area contributed by atoms with Crippen LogP contribution in [0, 0.1) is 0 Å². The maximum absolute atomic E-state index is 13.0. The number of nitrogens with one attached hydrogen (secondary N) is 1. The van der Waals surface area contributed by atoms with E-state index in [9.17, 15) is 24.6 Å². The molecule has 12 nitrogen and oxygen atoms in total. The van der Waals surface area contributed by atoms with Crippen LogP contribution in [0.25, 0.3) is 0 Å². The average molecular weight is 525 g/mol. The minimum atomic E-state index is -0.935. The van der Waals surface area contributed by atoms with Gasteiger partial charge in [0.05, 0.1) is 0 Å². The van der Waals surface area contributed by atoms with Gasteiger partial charge in [0.2, 0.25) is 11.8 Å². The first-order chi connectivity index (χ1) is 18.4. The van der Waals surface area contributed by atoms with E-state index in [1.807, 2.05) is 60.7 Å². The summed E-state index contributed by atoms with van der Waals surface area (Å²) in [6.45, 7) is 0.111. The van der Waals surface area contributed by atoms with Crippen molar-refractivity contribution in [1.29, 1.82) is 0 Å². The van der Waals surface area contributed by atoms with Crippen molar-refractivity contribution < 1.29 is 38.9 Å². The van der Waals surface area contributed by atoms with Crippen LogP contribution in [0.15, 0.2) is 72.8 Å². The molecule has 1 fully saturated rings. The first kappa shape index (κ1) is 26.2. The zero-order chi connectivity index (χ0) is 26.9. The third-order valence-electron chi connectivity index (χ3n) is 5.80. The van der Waals surface area contributed by atoms with Crippen molar-refractivity contribution in [2.24, 2.45) is 0 Å². The summed E-state index contributed by atoms with van der Waals surface area (Å²) in [5, 5.41) is 24.3. The second-order valence-electron chi connectivity index (χ2n) is 8.47. The first-order valence-corrected chi connectivity index (χ1v) is 12.0. The van der Waals surface area contributed by atoms with Crippen LogP contribution in [0.4, 0.5) is 14.4 Å². The van der Waals surface area contributed by atoms with Crippen molar-refractivity contribution in [1.82, 2.24) is 20.1 Å². The molecule has 4 rings (SSSR count). The van der Waals surface area contributed by atoms with Gasteiger partial charge in [-0.05, 0) is 24.0 Å². The van der Waals surface area contributed by atoms with Crippen LogP contribution in [-0.4, -0.2) is 62.4 Å². The molecule has 0 aliphatic carbocycles. The SMILES string of the molecule is O=C(NC1CCN(C(=O)OCc2ccccc2)N(C(=O)OCc2ccccc2)CC1)On1c(O)ccc1O. The third-order valence-corrected chi connectivity index (χ3v) is 5.80. The Hall–Kier alpha value is -4.87. The van der Waals surface area contributed by atoms with Gasteiger partial charge in [0.25, 0.3) is 0 Å². The van der Waals surface area contributed by atoms with Crippen molar-refractivity contribution >= 4 is 18.3 Å². The number of hydrogen-bond donors (Lipinski definition) is 3. The van der Waals surface area contributed by atoms with Gasteiger partial charge < -0.3 is 29.8 Å². The standard InChI is InChI=1S/C26H28N4O8/c31-22-11-12-23(32)30(22)38-24(33)27-21-13-15-28(25(34)36-17-19-7-3-1-4-8-19)29(16-14-21)26(35)37-18-20-9-5-2-6-10-20/h1-12,21,31-32H,13-18H2,(H,27,33). The molecule has 1 aliphatic heterocycles. The molecular weight excluding hydrogens is 496 g/mol. The molecule has 12 heteroatoms. The summed E-state index contributed by atoms with van der Waals surface area (Å²) < 4.78 is 11.5. The molecule has 0 saturated carbocycles. The lowest BCUT2D eigenvalue weighted by molar-refractivity contribution is -0.0208. The van der Waals surface area contributed by atoms with Crippen molar-refractivity contribution in [2.75, 3.05) is 13.1 Å².